The first kappa shape index (κ1) is 19.3. The van der Waals surface area contributed by atoms with Crippen LogP contribution in [0.5, 0.6) is 0 Å². The van der Waals surface area contributed by atoms with Gasteiger partial charge in [-0.25, -0.2) is 8.42 Å². The fourth-order valence-electron chi connectivity index (χ4n) is 3.62. The minimum Gasteiger partial charge on any atom is -0.317 e. The molecule has 1 aromatic carbocycles. The smallest absolute Gasteiger partial charge is 0.266 e. The number of sulfonamides is 1. The molecule has 0 aliphatic carbocycles. The van der Waals surface area contributed by atoms with Crippen LogP contribution in [-0.2, 0) is 21.4 Å². The molecule has 1 atom stereocenters. The number of carbonyl (C=O) groups is 1. The first-order valence-electron chi connectivity index (χ1n) is 8.88. The number of piperidine rings is 1. The van der Waals surface area contributed by atoms with Gasteiger partial charge in [-0.3, -0.25) is 4.79 Å². The van der Waals surface area contributed by atoms with Crippen LogP contribution >= 0.6 is 11.3 Å². The molecule has 1 fully saturated rings. The molecular formula is C18H25N3O3S2. The molecule has 1 saturated heterocycles. The Hall–Kier alpha value is -1.51. The molecule has 2 heterocycles. The molecule has 0 saturated carbocycles. The summed E-state index contributed by atoms with van der Waals surface area (Å²) in [6.07, 6.45) is 3.32. The van der Waals surface area contributed by atoms with Gasteiger partial charge in [-0.1, -0.05) is 23.8 Å². The Morgan fingerprint density at radius 3 is 2.69 bits per heavy atom. The average molecular weight is 396 g/mol. The lowest BCUT2D eigenvalue weighted by molar-refractivity contribution is -0.122. The summed E-state index contributed by atoms with van der Waals surface area (Å²) < 4.78 is 28.5. The van der Waals surface area contributed by atoms with E-state index in [0.717, 1.165) is 34.9 Å². The van der Waals surface area contributed by atoms with Crippen LogP contribution in [0.25, 0.3) is 10.2 Å². The first-order chi connectivity index (χ1) is 12.2. The van der Waals surface area contributed by atoms with Crippen molar-refractivity contribution in [2.75, 3.05) is 12.8 Å². The largest absolute Gasteiger partial charge is 0.317 e. The van der Waals surface area contributed by atoms with Crippen molar-refractivity contribution in [2.45, 2.75) is 52.6 Å². The van der Waals surface area contributed by atoms with E-state index >= 15 is 0 Å². The van der Waals surface area contributed by atoms with E-state index in [1.165, 1.54) is 21.2 Å². The molecule has 1 aliphatic rings. The minimum atomic E-state index is -3.42. The number of fused-ring (bicyclic) bond motifs is 1. The molecule has 8 heteroatoms. The normalized spacial score (nSPS) is 20.0. The Labute approximate surface area is 158 Å². The molecule has 142 valence electrons. The second-order valence-electron chi connectivity index (χ2n) is 6.89. The quantitative estimate of drug-likeness (QED) is 0.802. The monoisotopic (exact) mass is 395 g/mol. The number of nitrogens with zero attached hydrogens (tertiary/aromatic N) is 3. The van der Waals surface area contributed by atoms with Crippen molar-refractivity contribution in [2.24, 2.45) is 4.99 Å². The van der Waals surface area contributed by atoms with Gasteiger partial charge < -0.3 is 4.57 Å². The Kier molecular flexibility index (Phi) is 5.37. The van der Waals surface area contributed by atoms with Gasteiger partial charge in [0.1, 0.15) is 6.04 Å². The molecule has 0 radical (unpaired) electrons. The summed E-state index contributed by atoms with van der Waals surface area (Å²) in [4.78, 5) is 17.8. The van der Waals surface area contributed by atoms with Crippen LogP contribution in [0.2, 0.25) is 0 Å². The highest BCUT2D eigenvalue weighted by Crippen LogP contribution is 2.24. The number of benzene rings is 1. The van der Waals surface area contributed by atoms with Gasteiger partial charge in [-0.2, -0.15) is 9.30 Å². The summed E-state index contributed by atoms with van der Waals surface area (Å²) in [5.74, 6) is -0.363. The SMILES string of the molecule is CCn1c(=NC(=O)C2CCCCN2S(C)(=O)=O)sc2c(C)cc(C)cc21. The average Bonchev–Trinajstić information content (AvgIpc) is 2.91. The topological polar surface area (TPSA) is 71.7 Å². The molecule has 2 aromatic rings. The lowest BCUT2D eigenvalue weighted by atomic mass is 10.0. The predicted molar refractivity (Wildman–Crippen MR) is 105 cm³/mol. The van der Waals surface area contributed by atoms with E-state index in [4.69, 9.17) is 0 Å². The van der Waals surface area contributed by atoms with Gasteiger partial charge in [0.25, 0.3) is 5.91 Å². The number of thiazole rings is 1. The van der Waals surface area contributed by atoms with Crippen molar-refractivity contribution >= 4 is 37.5 Å². The third-order valence-corrected chi connectivity index (χ3v) is 7.32. The molecule has 1 aliphatic heterocycles. The molecule has 1 aromatic heterocycles. The van der Waals surface area contributed by atoms with E-state index in [2.05, 4.69) is 31.0 Å². The minimum absolute atomic E-state index is 0.363. The van der Waals surface area contributed by atoms with Crippen LogP contribution in [0.1, 0.15) is 37.3 Å². The zero-order valence-electron chi connectivity index (χ0n) is 15.7. The number of aromatic nitrogens is 1. The van der Waals surface area contributed by atoms with Crippen LogP contribution < -0.4 is 4.80 Å². The summed E-state index contributed by atoms with van der Waals surface area (Å²) >= 11 is 1.49. The Bertz CT molecular complexity index is 1020. The van der Waals surface area contributed by atoms with Crippen molar-refractivity contribution in [3.63, 3.8) is 0 Å². The standard InChI is InChI=1S/C18H25N3O3S2/c1-5-20-15-11-12(2)10-13(3)16(15)25-18(20)19-17(22)14-8-6-7-9-21(14)26(4,23)24/h10-11,14H,5-9H2,1-4H3. The van der Waals surface area contributed by atoms with Gasteiger partial charge >= 0.3 is 0 Å². The number of aryl methyl sites for hydroxylation is 3. The third kappa shape index (κ3) is 3.63. The molecule has 26 heavy (non-hydrogen) atoms. The molecule has 0 spiro atoms. The highest BCUT2D eigenvalue weighted by Gasteiger charge is 2.34. The highest BCUT2D eigenvalue weighted by molar-refractivity contribution is 7.88. The molecule has 0 bridgehead atoms. The Morgan fingerprint density at radius 1 is 1.31 bits per heavy atom. The summed E-state index contributed by atoms with van der Waals surface area (Å²) in [5, 5.41) is 0. The first-order valence-corrected chi connectivity index (χ1v) is 11.5. The van der Waals surface area contributed by atoms with E-state index in [1.54, 1.807) is 0 Å². The zero-order valence-corrected chi connectivity index (χ0v) is 17.3. The van der Waals surface area contributed by atoms with Gasteiger partial charge in [-0.15, -0.1) is 0 Å². The van der Waals surface area contributed by atoms with Crippen LogP contribution in [0.4, 0.5) is 0 Å². The van der Waals surface area contributed by atoms with Crippen molar-refractivity contribution in [3.8, 4) is 0 Å². The van der Waals surface area contributed by atoms with Crippen LogP contribution in [0, 0.1) is 13.8 Å². The Morgan fingerprint density at radius 2 is 2.04 bits per heavy atom. The highest BCUT2D eigenvalue weighted by atomic mass is 32.2. The van der Waals surface area contributed by atoms with Crippen molar-refractivity contribution < 1.29 is 13.2 Å². The number of amides is 1. The fraction of sp³-hybridized carbons (Fsp3) is 0.556. The summed E-state index contributed by atoms with van der Waals surface area (Å²) in [7, 11) is -3.42. The molecule has 6 nitrogen and oxygen atoms in total. The second-order valence-corrected chi connectivity index (χ2v) is 9.81. The lowest BCUT2D eigenvalue weighted by Gasteiger charge is -2.31. The van der Waals surface area contributed by atoms with Gasteiger partial charge in [0.05, 0.1) is 16.5 Å². The van der Waals surface area contributed by atoms with Gasteiger partial charge in [0, 0.05) is 13.1 Å². The molecule has 3 rings (SSSR count). The number of hydrogen-bond donors (Lipinski definition) is 0. The maximum absolute atomic E-state index is 12.8. The van der Waals surface area contributed by atoms with Crippen molar-refractivity contribution in [1.29, 1.82) is 0 Å². The van der Waals surface area contributed by atoms with E-state index in [0.29, 0.717) is 24.3 Å². The zero-order chi connectivity index (χ0) is 19.1. The van der Waals surface area contributed by atoms with E-state index in [-0.39, 0.29) is 5.91 Å². The second kappa shape index (κ2) is 7.25. The lowest BCUT2D eigenvalue weighted by Crippen LogP contribution is -2.47. The molecule has 1 unspecified atom stereocenters. The van der Waals surface area contributed by atoms with Gasteiger partial charge in [0.2, 0.25) is 10.0 Å². The third-order valence-electron chi connectivity index (χ3n) is 4.80. The van der Waals surface area contributed by atoms with E-state index < -0.39 is 16.1 Å². The maximum atomic E-state index is 12.8. The summed E-state index contributed by atoms with van der Waals surface area (Å²) in [6.45, 7) is 7.23. The predicted octanol–water partition coefficient (Wildman–Crippen LogP) is 2.58. The molecule has 0 N–H and O–H groups in total. The van der Waals surface area contributed by atoms with Crippen LogP contribution in [0.3, 0.4) is 0 Å². The summed E-state index contributed by atoms with van der Waals surface area (Å²) in [5.41, 5.74) is 3.41. The van der Waals surface area contributed by atoms with Crippen LogP contribution in [-0.4, -0.2) is 42.0 Å². The van der Waals surface area contributed by atoms with Crippen LogP contribution in [0.15, 0.2) is 17.1 Å². The van der Waals surface area contributed by atoms with E-state index in [9.17, 15) is 13.2 Å². The fourth-order valence-corrected chi connectivity index (χ4v) is 5.89. The maximum Gasteiger partial charge on any atom is 0.266 e. The number of rotatable bonds is 3. The van der Waals surface area contributed by atoms with Crippen molar-refractivity contribution in [3.05, 3.63) is 28.1 Å². The number of hydrogen-bond acceptors (Lipinski definition) is 4. The molecule has 1 amide bonds. The number of carbonyl (C=O) groups excluding carboxylic acids is 1. The summed E-state index contributed by atoms with van der Waals surface area (Å²) in [6, 6.07) is 3.55. The van der Waals surface area contributed by atoms with E-state index in [1.807, 2.05) is 11.5 Å². The van der Waals surface area contributed by atoms with Gasteiger partial charge in [-0.05, 0) is 50.8 Å². The van der Waals surface area contributed by atoms with Crippen molar-refractivity contribution in [1.82, 2.24) is 8.87 Å². The Balaban J connectivity index is 2.09. The van der Waals surface area contributed by atoms with Gasteiger partial charge in [0.15, 0.2) is 4.80 Å². The molecular weight excluding hydrogens is 370 g/mol.